The van der Waals surface area contributed by atoms with Crippen molar-refractivity contribution in [2.45, 2.75) is 0 Å². The molecule has 1 rings (SSSR count). The standard InChI is InChI=1S/C9H9NO/c1-8-5-3-4-6-9(2)11-7-10-8/h3-7H,1-2H2. The second-order valence-corrected chi connectivity index (χ2v) is 2.03. The summed E-state index contributed by atoms with van der Waals surface area (Å²) in [5.41, 5.74) is 0.563. The van der Waals surface area contributed by atoms with Gasteiger partial charge in [0.25, 0.3) is 0 Å². The maximum atomic E-state index is 4.96. The van der Waals surface area contributed by atoms with Gasteiger partial charge in [0.15, 0.2) is 6.39 Å². The van der Waals surface area contributed by atoms with Crippen LogP contribution in [0.4, 0.5) is 0 Å². The topological polar surface area (TPSA) is 26.0 Å². The van der Waals surface area contributed by atoms with Crippen LogP contribution in [0.1, 0.15) is 0 Å². The SMILES string of the molecule is C=c1ccccc(=C)ocn1. The zero-order valence-electron chi connectivity index (χ0n) is 6.16. The van der Waals surface area contributed by atoms with E-state index in [0.29, 0.717) is 10.8 Å². The predicted octanol–water partition coefficient (Wildman–Crippen LogP) is 0.620. The minimum Gasteiger partial charge on any atom is -0.446 e. The smallest absolute Gasteiger partial charge is 0.181 e. The van der Waals surface area contributed by atoms with Crippen LogP contribution in [-0.4, -0.2) is 4.98 Å². The Morgan fingerprint density at radius 1 is 1.18 bits per heavy atom. The van der Waals surface area contributed by atoms with Crippen molar-refractivity contribution < 1.29 is 4.42 Å². The lowest BCUT2D eigenvalue weighted by Gasteiger charge is -1.71. The Labute approximate surface area is 64.8 Å². The number of hydrogen-bond donors (Lipinski definition) is 0. The van der Waals surface area contributed by atoms with Crippen LogP contribution in [0.5, 0.6) is 0 Å². The highest BCUT2D eigenvalue weighted by molar-refractivity contribution is 4.99. The van der Waals surface area contributed by atoms with E-state index < -0.39 is 0 Å². The summed E-state index contributed by atoms with van der Waals surface area (Å²) in [5, 5.41) is 0.657. The summed E-state index contributed by atoms with van der Waals surface area (Å²) in [6.45, 7) is 7.27. The molecule has 0 aliphatic rings. The van der Waals surface area contributed by atoms with Gasteiger partial charge in [0.2, 0.25) is 0 Å². The minimum atomic E-state index is 0.563. The van der Waals surface area contributed by atoms with Crippen molar-refractivity contribution in [3.8, 4) is 0 Å². The number of aromatic nitrogens is 1. The molecule has 2 nitrogen and oxygen atoms in total. The first-order valence-corrected chi connectivity index (χ1v) is 3.21. The van der Waals surface area contributed by atoms with E-state index >= 15 is 0 Å². The first kappa shape index (κ1) is 7.54. The summed E-state index contributed by atoms with van der Waals surface area (Å²) in [7, 11) is 0. The van der Waals surface area contributed by atoms with Crippen LogP contribution in [-0.2, 0) is 0 Å². The van der Waals surface area contributed by atoms with Gasteiger partial charge >= 0.3 is 0 Å². The van der Waals surface area contributed by atoms with Crippen molar-refractivity contribution in [2.24, 2.45) is 0 Å². The molecule has 0 bridgehead atoms. The van der Waals surface area contributed by atoms with Gasteiger partial charge in [0.1, 0.15) is 5.42 Å². The Kier molecular flexibility index (Phi) is 2.44. The van der Waals surface area contributed by atoms with Crippen LogP contribution in [0.3, 0.4) is 0 Å². The molecular formula is C9H9NO. The van der Waals surface area contributed by atoms with E-state index in [-0.39, 0.29) is 0 Å². The zero-order valence-corrected chi connectivity index (χ0v) is 6.16. The molecule has 0 saturated carbocycles. The second-order valence-electron chi connectivity index (χ2n) is 2.03. The summed E-state index contributed by atoms with van der Waals surface area (Å²) in [6.07, 6.45) is 1.32. The molecule has 1 heterocycles. The minimum absolute atomic E-state index is 0.563. The number of rotatable bonds is 0. The number of hydrogen-bond acceptors (Lipinski definition) is 2. The fraction of sp³-hybridized carbons (Fsp3) is 0. The van der Waals surface area contributed by atoms with Crippen molar-refractivity contribution >= 4 is 13.2 Å². The molecule has 0 atom stereocenters. The van der Waals surface area contributed by atoms with Gasteiger partial charge in [-0.1, -0.05) is 25.3 Å². The van der Waals surface area contributed by atoms with Gasteiger partial charge < -0.3 is 4.42 Å². The van der Waals surface area contributed by atoms with Crippen LogP contribution >= 0.6 is 0 Å². The normalized spacial score (nSPS) is 8.73. The van der Waals surface area contributed by atoms with E-state index in [1.807, 2.05) is 12.1 Å². The fourth-order valence-corrected chi connectivity index (χ4v) is 0.574. The maximum absolute atomic E-state index is 4.96. The molecule has 11 heavy (non-hydrogen) atoms. The number of nitrogens with zero attached hydrogens (tertiary/aromatic N) is 1. The third-order valence-corrected chi connectivity index (χ3v) is 1.10. The van der Waals surface area contributed by atoms with Crippen molar-refractivity contribution in [1.29, 1.82) is 0 Å². The molecule has 0 unspecified atom stereocenters. The zero-order chi connectivity index (χ0) is 8.10. The summed E-state index contributed by atoms with van der Waals surface area (Å²) in [6, 6.07) is 7.19. The lowest BCUT2D eigenvalue weighted by Crippen LogP contribution is -1.97. The van der Waals surface area contributed by atoms with E-state index in [4.69, 9.17) is 4.42 Å². The molecular weight excluding hydrogens is 138 g/mol. The van der Waals surface area contributed by atoms with Gasteiger partial charge in [-0.05, 0) is 12.1 Å². The predicted molar refractivity (Wildman–Crippen MR) is 44.4 cm³/mol. The molecule has 1 aromatic heterocycles. The van der Waals surface area contributed by atoms with Crippen LogP contribution in [0.25, 0.3) is 13.2 Å². The van der Waals surface area contributed by atoms with Crippen LogP contribution < -0.4 is 10.8 Å². The summed E-state index contributed by atoms with van der Waals surface area (Å²) in [5.74, 6) is 0. The summed E-state index contributed by atoms with van der Waals surface area (Å²) >= 11 is 0. The Morgan fingerprint density at radius 2 is 1.91 bits per heavy atom. The molecule has 0 N–H and O–H groups in total. The van der Waals surface area contributed by atoms with Crippen LogP contribution in [0.15, 0.2) is 35.1 Å². The average molecular weight is 147 g/mol. The van der Waals surface area contributed by atoms with E-state index in [1.165, 1.54) is 6.39 Å². The Hall–Kier alpha value is -1.57. The quantitative estimate of drug-likeness (QED) is 0.537. The lowest BCUT2D eigenvalue weighted by molar-refractivity contribution is 0.503. The Balaban J connectivity index is 3.44. The maximum Gasteiger partial charge on any atom is 0.181 e. The molecule has 0 spiro atoms. The molecule has 56 valence electrons. The Bertz CT molecular complexity index is 330. The van der Waals surface area contributed by atoms with E-state index in [2.05, 4.69) is 18.1 Å². The molecule has 0 saturated heterocycles. The third-order valence-electron chi connectivity index (χ3n) is 1.10. The molecule has 0 aliphatic heterocycles. The average Bonchev–Trinajstić information content (AvgIpc) is 2.04. The molecule has 1 aromatic rings. The van der Waals surface area contributed by atoms with Gasteiger partial charge in [-0.2, -0.15) is 0 Å². The van der Waals surface area contributed by atoms with Gasteiger partial charge in [-0.25, -0.2) is 4.98 Å². The Morgan fingerprint density at radius 3 is 2.73 bits per heavy atom. The van der Waals surface area contributed by atoms with Crippen molar-refractivity contribution in [2.75, 3.05) is 0 Å². The molecule has 2 heteroatoms. The highest BCUT2D eigenvalue weighted by atomic mass is 16.3. The van der Waals surface area contributed by atoms with Crippen molar-refractivity contribution in [3.05, 3.63) is 41.4 Å². The molecule has 0 fully saturated rings. The van der Waals surface area contributed by atoms with E-state index in [0.717, 1.165) is 0 Å². The van der Waals surface area contributed by atoms with Gasteiger partial charge in [0.05, 0.1) is 5.35 Å². The first-order valence-electron chi connectivity index (χ1n) is 3.21. The van der Waals surface area contributed by atoms with Gasteiger partial charge in [0, 0.05) is 0 Å². The largest absolute Gasteiger partial charge is 0.446 e. The highest BCUT2D eigenvalue weighted by Gasteiger charge is 1.68. The van der Waals surface area contributed by atoms with Crippen molar-refractivity contribution in [3.63, 3.8) is 0 Å². The van der Waals surface area contributed by atoms with Gasteiger partial charge in [-0.3, -0.25) is 0 Å². The van der Waals surface area contributed by atoms with Gasteiger partial charge in [-0.15, -0.1) is 0 Å². The second kappa shape index (κ2) is 3.56. The first-order chi connectivity index (χ1) is 5.29. The molecule has 0 radical (unpaired) electrons. The molecule has 0 aromatic carbocycles. The van der Waals surface area contributed by atoms with Crippen LogP contribution in [0, 0.1) is 0 Å². The summed E-state index contributed by atoms with van der Waals surface area (Å²) in [4.78, 5) is 3.86. The highest BCUT2D eigenvalue weighted by Crippen LogP contribution is 1.66. The third kappa shape index (κ3) is 2.67. The van der Waals surface area contributed by atoms with E-state index in [9.17, 15) is 0 Å². The lowest BCUT2D eigenvalue weighted by atomic mass is 10.5. The van der Waals surface area contributed by atoms with Crippen LogP contribution in [0.2, 0.25) is 0 Å². The molecule has 0 aliphatic carbocycles. The molecule has 0 amide bonds. The summed E-state index contributed by atoms with van der Waals surface area (Å²) < 4.78 is 4.96. The monoisotopic (exact) mass is 147 g/mol. The van der Waals surface area contributed by atoms with Crippen molar-refractivity contribution in [1.82, 2.24) is 4.98 Å². The van der Waals surface area contributed by atoms with E-state index in [1.54, 1.807) is 12.1 Å². The fourth-order valence-electron chi connectivity index (χ4n) is 0.574.